The van der Waals surface area contributed by atoms with Crippen LogP contribution in [0.4, 0.5) is 5.69 Å². The molecule has 2 heterocycles. The zero-order chi connectivity index (χ0) is 14.7. The van der Waals surface area contributed by atoms with Gasteiger partial charge in [0.25, 0.3) is 5.91 Å². The molecule has 1 aliphatic rings. The summed E-state index contributed by atoms with van der Waals surface area (Å²) in [6, 6.07) is 8.87. The Morgan fingerprint density at radius 3 is 2.81 bits per heavy atom. The Bertz CT molecular complexity index is 676. The van der Waals surface area contributed by atoms with E-state index < -0.39 is 0 Å². The van der Waals surface area contributed by atoms with Crippen LogP contribution in [0, 0.1) is 0 Å². The minimum Gasteiger partial charge on any atom is -0.490 e. The van der Waals surface area contributed by atoms with Crippen LogP contribution in [0.3, 0.4) is 0 Å². The summed E-state index contributed by atoms with van der Waals surface area (Å²) in [4.78, 5) is 16.3. The first kappa shape index (κ1) is 13.9. The number of nitrogens with one attached hydrogen (secondary N) is 1. The molecule has 5 nitrogen and oxygen atoms in total. The molecule has 0 aliphatic carbocycles. The van der Waals surface area contributed by atoms with Crippen molar-refractivity contribution in [3.63, 3.8) is 0 Å². The maximum absolute atomic E-state index is 12.2. The molecule has 0 unspecified atom stereocenters. The van der Waals surface area contributed by atoms with Gasteiger partial charge in [0.2, 0.25) is 0 Å². The number of halogens is 1. The Morgan fingerprint density at radius 2 is 2.00 bits per heavy atom. The van der Waals surface area contributed by atoms with Gasteiger partial charge in [-0.1, -0.05) is 0 Å². The second-order valence-corrected chi connectivity index (χ2v) is 5.35. The average Bonchev–Trinajstić information content (AvgIpc) is 2.72. The van der Waals surface area contributed by atoms with Crippen molar-refractivity contribution in [1.82, 2.24) is 4.98 Å². The summed E-state index contributed by atoms with van der Waals surface area (Å²) in [5.74, 6) is 1.06. The molecule has 0 atom stereocenters. The molecule has 0 spiro atoms. The molecule has 0 saturated carbocycles. The minimum absolute atomic E-state index is 0.281. The number of aromatic nitrogens is 1. The number of anilines is 1. The van der Waals surface area contributed by atoms with Crippen molar-refractivity contribution in [3.8, 4) is 11.5 Å². The Hall–Kier alpha value is -2.08. The van der Waals surface area contributed by atoms with Crippen molar-refractivity contribution in [2.24, 2.45) is 0 Å². The molecule has 3 rings (SSSR count). The fourth-order valence-electron chi connectivity index (χ4n) is 1.98. The van der Waals surface area contributed by atoms with Crippen LogP contribution in [0.1, 0.15) is 16.9 Å². The highest BCUT2D eigenvalue weighted by molar-refractivity contribution is 9.10. The molecule has 1 aliphatic heterocycles. The van der Waals surface area contributed by atoms with Crippen LogP contribution >= 0.6 is 15.9 Å². The predicted octanol–water partition coefficient (Wildman–Crippen LogP) is 3.26. The highest BCUT2D eigenvalue weighted by atomic mass is 79.9. The van der Waals surface area contributed by atoms with Crippen molar-refractivity contribution in [2.75, 3.05) is 18.5 Å². The van der Waals surface area contributed by atoms with Gasteiger partial charge in [-0.05, 0) is 40.2 Å². The van der Waals surface area contributed by atoms with Crippen molar-refractivity contribution in [2.45, 2.75) is 6.42 Å². The van der Waals surface area contributed by atoms with E-state index in [-0.39, 0.29) is 5.91 Å². The maximum Gasteiger partial charge on any atom is 0.275 e. The monoisotopic (exact) mass is 348 g/mol. The predicted molar refractivity (Wildman–Crippen MR) is 81.9 cm³/mol. The molecule has 0 saturated heterocycles. The number of ether oxygens (including phenoxy) is 2. The van der Waals surface area contributed by atoms with Gasteiger partial charge >= 0.3 is 0 Å². The van der Waals surface area contributed by atoms with E-state index in [9.17, 15) is 4.79 Å². The molecule has 2 aromatic rings. The minimum atomic E-state index is -0.281. The molecular formula is C15H13BrN2O3. The lowest BCUT2D eigenvalue weighted by molar-refractivity contribution is 0.102. The standard InChI is InChI=1S/C15H13BrN2O3/c16-11-3-1-6-17-14(11)15(19)18-10-4-5-12-13(9-10)21-8-2-7-20-12/h1,3-6,9H,2,7-8H2,(H,18,19). The molecule has 1 amide bonds. The molecule has 108 valence electrons. The first-order valence-corrected chi connectivity index (χ1v) is 7.35. The van der Waals surface area contributed by atoms with Crippen LogP contribution in [0.25, 0.3) is 0 Å². The number of nitrogens with zero attached hydrogens (tertiary/aromatic N) is 1. The molecule has 0 fully saturated rings. The van der Waals surface area contributed by atoms with Gasteiger partial charge < -0.3 is 14.8 Å². The number of fused-ring (bicyclic) bond motifs is 1. The van der Waals surface area contributed by atoms with Gasteiger partial charge in [0.1, 0.15) is 5.69 Å². The SMILES string of the molecule is O=C(Nc1ccc2c(c1)OCCCO2)c1ncccc1Br. The summed E-state index contributed by atoms with van der Waals surface area (Å²) in [7, 11) is 0. The fourth-order valence-corrected chi connectivity index (χ4v) is 2.42. The highest BCUT2D eigenvalue weighted by Crippen LogP contribution is 2.32. The largest absolute Gasteiger partial charge is 0.490 e. The molecule has 0 radical (unpaired) electrons. The van der Waals surface area contributed by atoms with E-state index in [1.807, 2.05) is 0 Å². The molecule has 1 N–H and O–H groups in total. The second kappa shape index (κ2) is 6.13. The van der Waals surface area contributed by atoms with E-state index in [4.69, 9.17) is 9.47 Å². The van der Waals surface area contributed by atoms with Crippen molar-refractivity contribution < 1.29 is 14.3 Å². The third-order valence-electron chi connectivity index (χ3n) is 2.98. The van der Waals surface area contributed by atoms with E-state index in [2.05, 4.69) is 26.2 Å². The summed E-state index contributed by atoms with van der Waals surface area (Å²) in [5, 5.41) is 2.80. The molecular weight excluding hydrogens is 336 g/mol. The molecule has 1 aromatic carbocycles. The van der Waals surface area contributed by atoms with Gasteiger partial charge in [-0.25, -0.2) is 4.98 Å². The van der Waals surface area contributed by atoms with E-state index in [0.29, 0.717) is 40.6 Å². The number of benzene rings is 1. The van der Waals surface area contributed by atoms with Gasteiger partial charge in [0.05, 0.1) is 13.2 Å². The highest BCUT2D eigenvalue weighted by Gasteiger charge is 2.14. The van der Waals surface area contributed by atoms with Gasteiger partial charge in [-0.2, -0.15) is 0 Å². The third kappa shape index (κ3) is 3.16. The summed E-state index contributed by atoms with van der Waals surface area (Å²) in [6.07, 6.45) is 2.42. The van der Waals surface area contributed by atoms with Crippen molar-refractivity contribution >= 4 is 27.5 Å². The second-order valence-electron chi connectivity index (χ2n) is 4.50. The topological polar surface area (TPSA) is 60.5 Å². The van der Waals surface area contributed by atoms with Crippen LogP contribution in [0.2, 0.25) is 0 Å². The number of carbonyl (C=O) groups is 1. The molecule has 1 aromatic heterocycles. The third-order valence-corrected chi connectivity index (χ3v) is 3.62. The van der Waals surface area contributed by atoms with Gasteiger partial charge in [0, 0.05) is 28.8 Å². The van der Waals surface area contributed by atoms with Crippen molar-refractivity contribution in [1.29, 1.82) is 0 Å². The molecule has 21 heavy (non-hydrogen) atoms. The summed E-state index contributed by atoms with van der Waals surface area (Å²) in [6.45, 7) is 1.25. The summed E-state index contributed by atoms with van der Waals surface area (Å²) in [5.41, 5.74) is 0.978. The van der Waals surface area contributed by atoms with Gasteiger partial charge in [0.15, 0.2) is 11.5 Å². The average molecular weight is 349 g/mol. The first-order chi connectivity index (χ1) is 10.2. The Labute approximate surface area is 130 Å². The first-order valence-electron chi connectivity index (χ1n) is 6.55. The maximum atomic E-state index is 12.2. The van der Waals surface area contributed by atoms with E-state index in [1.54, 1.807) is 36.5 Å². The lowest BCUT2D eigenvalue weighted by atomic mass is 10.2. The van der Waals surface area contributed by atoms with Crippen LogP contribution in [-0.4, -0.2) is 24.1 Å². The van der Waals surface area contributed by atoms with Crippen LogP contribution in [0.15, 0.2) is 41.0 Å². The zero-order valence-corrected chi connectivity index (χ0v) is 12.7. The Balaban J connectivity index is 1.81. The normalized spacial score (nSPS) is 13.4. The van der Waals surface area contributed by atoms with E-state index in [0.717, 1.165) is 6.42 Å². The smallest absolute Gasteiger partial charge is 0.275 e. The number of rotatable bonds is 2. The Kier molecular flexibility index (Phi) is 4.06. The molecule has 6 heteroatoms. The lowest BCUT2D eigenvalue weighted by Crippen LogP contribution is -2.14. The van der Waals surface area contributed by atoms with E-state index in [1.165, 1.54) is 0 Å². The fraction of sp³-hybridized carbons (Fsp3) is 0.200. The van der Waals surface area contributed by atoms with Gasteiger partial charge in [-0.3, -0.25) is 4.79 Å². The number of carbonyl (C=O) groups excluding carboxylic acids is 1. The van der Waals surface area contributed by atoms with Crippen LogP contribution < -0.4 is 14.8 Å². The molecule has 0 bridgehead atoms. The number of pyridine rings is 1. The Morgan fingerprint density at radius 1 is 1.19 bits per heavy atom. The van der Waals surface area contributed by atoms with E-state index >= 15 is 0 Å². The number of hydrogen-bond acceptors (Lipinski definition) is 4. The van der Waals surface area contributed by atoms with Crippen LogP contribution in [-0.2, 0) is 0 Å². The number of hydrogen-bond donors (Lipinski definition) is 1. The quantitative estimate of drug-likeness (QED) is 0.904. The number of amides is 1. The lowest BCUT2D eigenvalue weighted by Gasteiger charge is -2.10. The summed E-state index contributed by atoms with van der Waals surface area (Å²) >= 11 is 3.31. The van der Waals surface area contributed by atoms with Gasteiger partial charge in [-0.15, -0.1) is 0 Å². The van der Waals surface area contributed by atoms with Crippen molar-refractivity contribution in [3.05, 3.63) is 46.7 Å². The zero-order valence-electron chi connectivity index (χ0n) is 11.1. The van der Waals surface area contributed by atoms with Crippen LogP contribution in [0.5, 0.6) is 11.5 Å². The summed E-state index contributed by atoms with van der Waals surface area (Å²) < 4.78 is 11.8.